The summed E-state index contributed by atoms with van der Waals surface area (Å²) in [5.41, 5.74) is 3.38. The molecule has 2 aromatic rings. The minimum Gasteiger partial charge on any atom is -0.320 e. The van der Waals surface area contributed by atoms with E-state index in [1.54, 1.807) is 0 Å². The van der Waals surface area contributed by atoms with Gasteiger partial charge in [-0.3, -0.25) is 9.56 Å². The quantitative estimate of drug-likeness (QED) is 0.669. The zero-order chi connectivity index (χ0) is 10.8. The Hall–Kier alpha value is -1.77. The lowest BCUT2D eigenvalue weighted by Gasteiger charge is -2.06. The molecule has 0 N–H and O–H groups in total. The number of aryl methyl sites for hydroxylation is 2. The first-order valence-electron chi connectivity index (χ1n) is 4.97. The van der Waals surface area contributed by atoms with Gasteiger partial charge in [0, 0.05) is 26.5 Å². The zero-order valence-electron chi connectivity index (χ0n) is 9.31. The summed E-state index contributed by atoms with van der Waals surface area (Å²) in [5.74, 6) is 0. The first-order chi connectivity index (χ1) is 7.24. The third-order valence-corrected chi connectivity index (χ3v) is 2.55. The second kappa shape index (κ2) is 3.77. The molecule has 0 saturated carbocycles. The predicted molar refractivity (Wildman–Crippen MR) is 61.0 cm³/mol. The molecule has 1 aromatic heterocycles. The van der Waals surface area contributed by atoms with Gasteiger partial charge >= 0.3 is 0 Å². The molecule has 2 rings (SSSR count). The lowest BCUT2D eigenvalue weighted by Crippen LogP contribution is -2.22. The van der Waals surface area contributed by atoms with E-state index in [4.69, 9.17) is 0 Å². The highest BCUT2D eigenvalue weighted by Gasteiger charge is 2.02. The summed E-state index contributed by atoms with van der Waals surface area (Å²) >= 11 is 0. The van der Waals surface area contributed by atoms with E-state index in [2.05, 4.69) is 28.6 Å². The molecule has 0 fully saturated rings. The van der Waals surface area contributed by atoms with E-state index < -0.39 is 0 Å². The summed E-state index contributed by atoms with van der Waals surface area (Å²) in [6.07, 6.45) is 4.04. The van der Waals surface area contributed by atoms with Gasteiger partial charge in [0.15, 0.2) is 0 Å². The van der Waals surface area contributed by atoms with Crippen molar-refractivity contribution in [3.05, 3.63) is 47.8 Å². The minimum atomic E-state index is 0.948. The van der Waals surface area contributed by atoms with E-state index in [1.807, 2.05) is 43.2 Å². The number of hydrogen-bond donors (Lipinski definition) is 0. The average molecular weight is 201 g/mol. The normalized spacial score (nSPS) is 12.1. The monoisotopic (exact) mass is 201 g/mol. The van der Waals surface area contributed by atoms with E-state index >= 15 is 0 Å². The largest absolute Gasteiger partial charge is 0.320 e. The number of imidazole rings is 1. The summed E-state index contributed by atoms with van der Waals surface area (Å²) in [6, 6.07) is 8.30. The second-order valence-corrected chi connectivity index (χ2v) is 3.59. The molecule has 3 heteroatoms. The Morgan fingerprint density at radius 1 is 1.13 bits per heavy atom. The first-order valence-corrected chi connectivity index (χ1v) is 4.97. The zero-order valence-corrected chi connectivity index (χ0v) is 9.31. The van der Waals surface area contributed by atoms with Crippen LogP contribution in [0.15, 0.2) is 41.7 Å². The van der Waals surface area contributed by atoms with E-state index in [1.165, 1.54) is 11.3 Å². The van der Waals surface area contributed by atoms with Crippen LogP contribution < -0.4 is 5.62 Å². The summed E-state index contributed by atoms with van der Waals surface area (Å²) in [5, 5.41) is 0. The molecule has 1 heterocycles. The molecule has 15 heavy (non-hydrogen) atoms. The first kappa shape index (κ1) is 9.77. The molecule has 0 aliphatic heterocycles. The van der Waals surface area contributed by atoms with Crippen LogP contribution in [0.2, 0.25) is 0 Å². The molecule has 0 aliphatic rings. The maximum absolute atomic E-state index is 4.27. The summed E-state index contributed by atoms with van der Waals surface area (Å²) < 4.78 is 4.10. The number of rotatable bonds is 1. The fourth-order valence-corrected chi connectivity index (χ4v) is 1.76. The Bertz CT molecular complexity index is 532. The van der Waals surface area contributed by atoms with Crippen molar-refractivity contribution >= 4 is 0 Å². The Morgan fingerprint density at radius 3 is 2.53 bits per heavy atom. The van der Waals surface area contributed by atoms with Crippen LogP contribution in [0.5, 0.6) is 0 Å². The van der Waals surface area contributed by atoms with Crippen LogP contribution in [0.1, 0.15) is 5.56 Å². The van der Waals surface area contributed by atoms with Gasteiger partial charge in [-0.05, 0) is 18.6 Å². The second-order valence-electron chi connectivity index (χ2n) is 3.59. The standard InChI is InChI=1S/C12H15N3/c1-10-6-4-5-7-11(10)15-9-8-14(3)12(15)13-2/h4-9H,1-3H3/b13-12+. The molecule has 0 bridgehead atoms. The Balaban J connectivity index is 2.70. The maximum atomic E-state index is 4.27. The average Bonchev–Trinajstić information content (AvgIpc) is 2.60. The fraction of sp³-hybridized carbons (Fsp3) is 0.250. The number of nitrogens with zero attached hydrogens (tertiary/aromatic N) is 3. The van der Waals surface area contributed by atoms with Gasteiger partial charge in [0.25, 0.3) is 0 Å². The molecular weight excluding hydrogens is 186 g/mol. The fourth-order valence-electron chi connectivity index (χ4n) is 1.76. The summed E-state index contributed by atoms with van der Waals surface area (Å²) in [4.78, 5) is 4.27. The Kier molecular flexibility index (Phi) is 2.46. The third kappa shape index (κ3) is 1.61. The topological polar surface area (TPSA) is 22.2 Å². The molecule has 0 aliphatic carbocycles. The van der Waals surface area contributed by atoms with Crippen LogP contribution >= 0.6 is 0 Å². The van der Waals surface area contributed by atoms with Crippen molar-refractivity contribution in [2.45, 2.75) is 6.92 Å². The van der Waals surface area contributed by atoms with Crippen LogP contribution in [0.25, 0.3) is 5.69 Å². The van der Waals surface area contributed by atoms with E-state index in [0.29, 0.717) is 0 Å². The van der Waals surface area contributed by atoms with E-state index in [0.717, 1.165) is 5.62 Å². The van der Waals surface area contributed by atoms with Crippen molar-refractivity contribution in [2.24, 2.45) is 12.0 Å². The smallest absolute Gasteiger partial charge is 0.209 e. The highest BCUT2D eigenvalue weighted by molar-refractivity contribution is 5.39. The molecule has 3 nitrogen and oxygen atoms in total. The maximum Gasteiger partial charge on any atom is 0.209 e. The molecule has 0 amide bonds. The summed E-state index contributed by atoms with van der Waals surface area (Å²) in [6.45, 7) is 2.11. The molecule has 0 spiro atoms. The highest BCUT2D eigenvalue weighted by atomic mass is 15.2. The number of aromatic nitrogens is 2. The molecular formula is C12H15N3. The van der Waals surface area contributed by atoms with Gasteiger partial charge in [-0.15, -0.1) is 0 Å². The number of benzene rings is 1. The van der Waals surface area contributed by atoms with Gasteiger partial charge in [0.05, 0.1) is 5.69 Å². The van der Waals surface area contributed by atoms with Crippen molar-refractivity contribution < 1.29 is 0 Å². The Morgan fingerprint density at radius 2 is 1.87 bits per heavy atom. The van der Waals surface area contributed by atoms with Gasteiger partial charge in [-0.25, -0.2) is 0 Å². The summed E-state index contributed by atoms with van der Waals surface area (Å²) in [7, 11) is 3.81. The molecule has 0 saturated heterocycles. The molecule has 1 aromatic carbocycles. The van der Waals surface area contributed by atoms with Crippen LogP contribution in [0.3, 0.4) is 0 Å². The van der Waals surface area contributed by atoms with Crippen molar-refractivity contribution in [1.82, 2.24) is 9.13 Å². The van der Waals surface area contributed by atoms with Crippen LogP contribution in [-0.2, 0) is 7.05 Å². The highest BCUT2D eigenvalue weighted by Crippen LogP contribution is 2.10. The van der Waals surface area contributed by atoms with Gasteiger partial charge in [-0.1, -0.05) is 18.2 Å². The molecule has 0 atom stereocenters. The Labute approximate surface area is 89.3 Å². The van der Waals surface area contributed by atoms with Gasteiger partial charge in [-0.2, -0.15) is 0 Å². The lowest BCUT2D eigenvalue weighted by molar-refractivity contribution is 0.781. The van der Waals surface area contributed by atoms with Gasteiger partial charge < -0.3 is 4.57 Å². The van der Waals surface area contributed by atoms with Gasteiger partial charge in [0.2, 0.25) is 5.62 Å². The van der Waals surface area contributed by atoms with Crippen molar-refractivity contribution in [3.63, 3.8) is 0 Å². The third-order valence-electron chi connectivity index (χ3n) is 2.55. The van der Waals surface area contributed by atoms with Crippen LogP contribution in [0.4, 0.5) is 0 Å². The van der Waals surface area contributed by atoms with E-state index in [-0.39, 0.29) is 0 Å². The van der Waals surface area contributed by atoms with Crippen LogP contribution in [0, 0.1) is 6.92 Å². The lowest BCUT2D eigenvalue weighted by atomic mass is 10.2. The van der Waals surface area contributed by atoms with E-state index in [9.17, 15) is 0 Å². The number of para-hydroxylation sites is 1. The SMILES string of the molecule is C/N=c1\n(C)ccn1-c1ccccc1C. The van der Waals surface area contributed by atoms with Crippen molar-refractivity contribution in [3.8, 4) is 5.69 Å². The van der Waals surface area contributed by atoms with Crippen molar-refractivity contribution in [2.75, 3.05) is 7.05 Å². The minimum absolute atomic E-state index is 0.948. The van der Waals surface area contributed by atoms with Crippen molar-refractivity contribution in [1.29, 1.82) is 0 Å². The van der Waals surface area contributed by atoms with Gasteiger partial charge in [0.1, 0.15) is 0 Å². The molecule has 0 radical (unpaired) electrons. The number of hydrogen-bond acceptors (Lipinski definition) is 1. The predicted octanol–water partition coefficient (Wildman–Crippen LogP) is 1.65. The molecule has 0 unspecified atom stereocenters. The molecule has 78 valence electrons. The van der Waals surface area contributed by atoms with Crippen LogP contribution in [-0.4, -0.2) is 16.2 Å².